The van der Waals surface area contributed by atoms with Crippen molar-refractivity contribution in [3.05, 3.63) is 0 Å². The summed E-state index contributed by atoms with van der Waals surface area (Å²) in [6.07, 6.45) is 4.74. The Morgan fingerprint density at radius 2 is 2.00 bits per heavy atom. The summed E-state index contributed by atoms with van der Waals surface area (Å²) in [7, 11) is 0. The highest BCUT2D eigenvalue weighted by atomic mass is 16.3. The number of nitrogens with one attached hydrogen (secondary N) is 1. The average Bonchev–Trinajstić information content (AvgIpc) is 2.35. The largest absolute Gasteiger partial charge is 0.396 e. The Labute approximate surface area is 110 Å². The van der Waals surface area contributed by atoms with Crippen LogP contribution in [0.25, 0.3) is 0 Å². The van der Waals surface area contributed by atoms with Crippen LogP contribution in [-0.4, -0.2) is 60.0 Å². The van der Waals surface area contributed by atoms with E-state index in [4.69, 9.17) is 10.2 Å². The summed E-state index contributed by atoms with van der Waals surface area (Å²) >= 11 is 0. The van der Waals surface area contributed by atoms with Crippen LogP contribution in [0.1, 0.15) is 32.6 Å². The van der Waals surface area contributed by atoms with Gasteiger partial charge in [-0.05, 0) is 37.5 Å². The molecule has 0 spiro atoms. The summed E-state index contributed by atoms with van der Waals surface area (Å²) in [6.45, 7) is 5.79. The van der Waals surface area contributed by atoms with Crippen LogP contribution >= 0.6 is 0 Å². The van der Waals surface area contributed by atoms with Gasteiger partial charge in [0.15, 0.2) is 0 Å². The van der Waals surface area contributed by atoms with Gasteiger partial charge in [-0.2, -0.15) is 0 Å². The summed E-state index contributed by atoms with van der Waals surface area (Å²) in [5, 5.41) is 21.5. The number of piperidine rings is 1. The van der Waals surface area contributed by atoms with E-state index in [1.54, 1.807) is 0 Å². The number of aliphatic hydroxyl groups excluding tert-OH is 2. The first-order valence-electron chi connectivity index (χ1n) is 7.43. The van der Waals surface area contributed by atoms with Crippen LogP contribution < -0.4 is 5.32 Å². The fourth-order valence-corrected chi connectivity index (χ4v) is 3.51. The minimum atomic E-state index is 0.209. The molecule has 1 saturated carbocycles. The summed E-state index contributed by atoms with van der Waals surface area (Å²) in [6, 6.07) is 1.24. The predicted octanol–water partition coefficient (Wildman–Crippen LogP) is 0.440. The van der Waals surface area contributed by atoms with E-state index in [1.807, 2.05) is 0 Å². The van der Waals surface area contributed by atoms with Crippen LogP contribution in [0.3, 0.4) is 0 Å². The van der Waals surface area contributed by atoms with Gasteiger partial charge in [-0.15, -0.1) is 0 Å². The van der Waals surface area contributed by atoms with Crippen molar-refractivity contribution in [2.75, 3.05) is 32.8 Å². The van der Waals surface area contributed by atoms with E-state index in [0.29, 0.717) is 25.1 Å². The first-order chi connectivity index (χ1) is 8.74. The van der Waals surface area contributed by atoms with Gasteiger partial charge in [0, 0.05) is 38.3 Å². The maximum absolute atomic E-state index is 9.15. The highest BCUT2D eigenvalue weighted by molar-refractivity contribution is 4.92. The van der Waals surface area contributed by atoms with Crippen LogP contribution in [0.4, 0.5) is 0 Å². The third-order valence-electron chi connectivity index (χ3n) is 4.69. The molecule has 0 radical (unpaired) electrons. The maximum atomic E-state index is 9.15. The molecule has 0 amide bonds. The first kappa shape index (κ1) is 14.3. The molecule has 1 heterocycles. The molecule has 4 heteroatoms. The summed E-state index contributed by atoms with van der Waals surface area (Å²) in [5.74, 6) is 1.43. The van der Waals surface area contributed by atoms with E-state index in [9.17, 15) is 0 Å². The van der Waals surface area contributed by atoms with Crippen LogP contribution in [0.15, 0.2) is 0 Å². The number of rotatable bonds is 6. The third-order valence-corrected chi connectivity index (χ3v) is 4.69. The van der Waals surface area contributed by atoms with E-state index in [0.717, 1.165) is 37.9 Å². The van der Waals surface area contributed by atoms with Gasteiger partial charge in [-0.3, -0.25) is 4.90 Å². The zero-order valence-corrected chi connectivity index (χ0v) is 11.5. The maximum Gasteiger partial charge on any atom is 0.0556 e. The molecule has 106 valence electrons. The zero-order valence-electron chi connectivity index (χ0n) is 11.5. The van der Waals surface area contributed by atoms with Crippen molar-refractivity contribution in [3.63, 3.8) is 0 Å². The van der Waals surface area contributed by atoms with Crippen molar-refractivity contribution in [2.24, 2.45) is 11.8 Å². The quantitative estimate of drug-likeness (QED) is 0.645. The zero-order chi connectivity index (χ0) is 13.0. The summed E-state index contributed by atoms with van der Waals surface area (Å²) in [4.78, 5) is 2.62. The molecular formula is C14H28N2O2. The summed E-state index contributed by atoms with van der Waals surface area (Å²) in [5.41, 5.74) is 0. The molecule has 0 aromatic carbocycles. The lowest BCUT2D eigenvalue weighted by Crippen LogP contribution is -2.57. The fraction of sp³-hybridized carbons (Fsp3) is 1.00. The molecule has 1 aliphatic heterocycles. The van der Waals surface area contributed by atoms with Crippen molar-refractivity contribution < 1.29 is 10.2 Å². The van der Waals surface area contributed by atoms with Crippen molar-refractivity contribution >= 4 is 0 Å². The first-order valence-corrected chi connectivity index (χ1v) is 7.43. The van der Waals surface area contributed by atoms with E-state index in [1.165, 1.54) is 12.8 Å². The molecule has 2 aliphatic rings. The van der Waals surface area contributed by atoms with Gasteiger partial charge < -0.3 is 15.5 Å². The lowest BCUT2D eigenvalue weighted by atomic mass is 9.78. The Hall–Kier alpha value is -0.160. The lowest BCUT2D eigenvalue weighted by Gasteiger charge is -2.48. The second-order valence-corrected chi connectivity index (χ2v) is 6.06. The van der Waals surface area contributed by atoms with Gasteiger partial charge >= 0.3 is 0 Å². The lowest BCUT2D eigenvalue weighted by molar-refractivity contribution is 0.0173. The Balaban J connectivity index is 1.88. The van der Waals surface area contributed by atoms with Gasteiger partial charge in [0.05, 0.1) is 6.61 Å². The van der Waals surface area contributed by atoms with Crippen molar-refractivity contribution in [1.82, 2.24) is 10.2 Å². The number of aliphatic hydroxyl groups is 2. The highest BCUT2D eigenvalue weighted by Gasteiger charge is 2.37. The number of hydrogen-bond donors (Lipinski definition) is 3. The van der Waals surface area contributed by atoms with Gasteiger partial charge in [0.25, 0.3) is 0 Å². The second kappa shape index (κ2) is 6.85. The standard InChI is InChI=1S/C14H28N2O2/c1-11-2-3-14(11)16-9-12(4-6-17)8-13(10-16)15-5-7-18/h11-15,17-18H,2-10H2,1H3. The molecule has 1 saturated heterocycles. The van der Waals surface area contributed by atoms with Gasteiger partial charge in [-0.1, -0.05) is 6.92 Å². The fourth-order valence-electron chi connectivity index (χ4n) is 3.51. The SMILES string of the molecule is CC1CCC1N1CC(CCO)CC(NCCO)C1. The Kier molecular flexibility index (Phi) is 5.42. The van der Waals surface area contributed by atoms with Crippen molar-refractivity contribution in [2.45, 2.75) is 44.7 Å². The average molecular weight is 256 g/mol. The predicted molar refractivity (Wildman–Crippen MR) is 72.4 cm³/mol. The topological polar surface area (TPSA) is 55.7 Å². The monoisotopic (exact) mass is 256 g/mol. The molecule has 0 aromatic heterocycles. The summed E-state index contributed by atoms with van der Waals surface area (Å²) < 4.78 is 0. The Morgan fingerprint density at radius 1 is 1.17 bits per heavy atom. The van der Waals surface area contributed by atoms with E-state index in [-0.39, 0.29) is 6.61 Å². The van der Waals surface area contributed by atoms with Crippen LogP contribution in [0.2, 0.25) is 0 Å². The normalized spacial score (nSPS) is 37.5. The molecule has 1 aliphatic carbocycles. The molecule has 4 unspecified atom stereocenters. The molecule has 2 fully saturated rings. The van der Waals surface area contributed by atoms with Crippen LogP contribution in [0.5, 0.6) is 0 Å². The molecule has 18 heavy (non-hydrogen) atoms. The molecule has 4 nitrogen and oxygen atoms in total. The third kappa shape index (κ3) is 3.44. The molecule has 0 aromatic rings. The molecule has 4 atom stereocenters. The highest BCUT2D eigenvalue weighted by Crippen LogP contribution is 2.34. The van der Waals surface area contributed by atoms with Crippen LogP contribution in [-0.2, 0) is 0 Å². The van der Waals surface area contributed by atoms with Gasteiger partial charge in [-0.25, -0.2) is 0 Å². The molecular weight excluding hydrogens is 228 g/mol. The van der Waals surface area contributed by atoms with Crippen molar-refractivity contribution in [1.29, 1.82) is 0 Å². The second-order valence-electron chi connectivity index (χ2n) is 6.06. The van der Waals surface area contributed by atoms with Crippen LogP contribution in [0, 0.1) is 11.8 Å². The molecule has 0 bridgehead atoms. The van der Waals surface area contributed by atoms with Gasteiger partial charge in [0.2, 0.25) is 0 Å². The molecule has 2 rings (SSSR count). The van der Waals surface area contributed by atoms with Crippen molar-refractivity contribution in [3.8, 4) is 0 Å². The van der Waals surface area contributed by atoms with Gasteiger partial charge in [0.1, 0.15) is 0 Å². The number of hydrogen-bond acceptors (Lipinski definition) is 4. The minimum Gasteiger partial charge on any atom is -0.396 e. The molecule has 3 N–H and O–H groups in total. The van der Waals surface area contributed by atoms with E-state index in [2.05, 4.69) is 17.1 Å². The van der Waals surface area contributed by atoms with E-state index < -0.39 is 0 Å². The Bertz CT molecular complexity index is 250. The smallest absolute Gasteiger partial charge is 0.0556 e. The number of nitrogens with zero attached hydrogens (tertiary/aromatic N) is 1. The minimum absolute atomic E-state index is 0.209. The Morgan fingerprint density at radius 3 is 2.56 bits per heavy atom. The number of likely N-dealkylation sites (tertiary alicyclic amines) is 1. The van der Waals surface area contributed by atoms with E-state index >= 15 is 0 Å².